The maximum absolute atomic E-state index is 2.40. The first-order valence-corrected chi connectivity index (χ1v) is 6.40. The average molecular weight is 216 g/mol. The van der Waals surface area contributed by atoms with Gasteiger partial charge in [0.1, 0.15) is 0 Å². The van der Waals surface area contributed by atoms with Crippen LogP contribution in [0.4, 0.5) is 0 Å². The van der Waals surface area contributed by atoms with Crippen molar-refractivity contribution in [2.45, 2.75) is 59.3 Å². The minimum absolute atomic E-state index is 0.342. The lowest BCUT2D eigenvalue weighted by Gasteiger charge is -2.26. The molecule has 0 aromatic heterocycles. The zero-order valence-electron chi connectivity index (χ0n) is 11.4. The number of aryl methyl sites for hydroxylation is 1. The first-order valence-electron chi connectivity index (χ1n) is 6.40. The quantitative estimate of drug-likeness (QED) is 0.554. The average Bonchev–Trinajstić information content (AvgIpc) is 2.25. The van der Waals surface area contributed by atoms with Crippen LogP contribution in [0.2, 0.25) is 0 Å². The van der Waals surface area contributed by atoms with Crippen molar-refractivity contribution in [2.24, 2.45) is 5.41 Å². The van der Waals surface area contributed by atoms with E-state index in [-0.39, 0.29) is 0 Å². The van der Waals surface area contributed by atoms with Gasteiger partial charge in [-0.05, 0) is 48.1 Å². The Balaban J connectivity index is 2.54. The molecule has 0 atom stereocenters. The van der Waals surface area contributed by atoms with E-state index in [1.807, 2.05) is 0 Å². The van der Waals surface area contributed by atoms with Crippen LogP contribution in [0.1, 0.15) is 57.2 Å². The van der Waals surface area contributed by atoms with E-state index in [1.54, 1.807) is 11.1 Å². The molecular weight excluding hydrogens is 192 g/mol. The molecular formula is C16H24. The third kappa shape index (κ3) is 2.16. The second-order valence-corrected chi connectivity index (χ2v) is 6.89. The minimum Gasteiger partial charge on any atom is -0.0596 e. The summed E-state index contributed by atoms with van der Waals surface area (Å²) in [7, 11) is 0. The van der Waals surface area contributed by atoms with Crippen molar-refractivity contribution >= 4 is 0 Å². The summed E-state index contributed by atoms with van der Waals surface area (Å²) in [6, 6.07) is 7.01. The van der Waals surface area contributed by atoms with Crippen LogP contribution in [-0.2, 0) is 11.8 Å². The fraction of sp³-hybridized carbons (Fsp3) is 0.625. The lowest BCUT2D eigenvalue weighted by molar-refractivity contribution is 0.304. The molecule has 0 heterocycles. The van der Waals surface area contributed by atoms with Crippen molar-refractivity contribution in [3.8, 4) is 0 Å². The summed E-state index contributed by atoms with van der Waals surface area (Å²) < 4.78 is 0. The summed E-state index contributed by atoms with van der Waals surface area (Å²) >= 11 is 0. The van der Waals surface area contributed by atoms with Crippen LogP contribution < -0.4 is 0 Å². The summed E-state index contributed by atoms with van der Waals surface area (Å²) in [4.78, 5) is 0. The van der Waals surface area contributed by atoms with E-state index in [1.165, 1.54) is 24.8 Å². The fourth-order valence-corrected chi connectivity index (χ4v) is 2.86. The molecule has 0 nitrogen and oxygen atoms in total. The van der Waals surface area contributed by atoms with Gasteiger partial charge < -0.3 is 0 Å². The molecule has 0 spiro atoms. The lowest BCUT2D eigenvalue weighted by atomic mass is 9.78. The van der Waals surface area contributed by atoms with E-state index >= 15 is 0 Å². The molecule has 0 saturated heterocycles. The second-order valence-electron chi connectivity index (χ2n) is 6.89. The standard InChI is InChI=1S/C16H24/c1-12-6-7-13-11-15(2,3)8-9-16(4,5)14(13)10-12/h6-7,10H,8-9,11H2,1-5H3. The largest absolute Gasteiger partial charge is 0.0596 e. The van der Waals surface area contributed by atoms with Crippen molar-refractivity contribution in [3.63, 3.8) is 0 Å². The summed E-state index contributed by atoms with van der Waals surface area (Å²) in [6.45, 7) is 11.8. The Morgan fingerprint density at radius 1 is 1.00 bits per heavy atom. The highest BCUT2D eigenvalue weighted by molar-refractivity contribution is 5.38. The Labute approximate surface area is 100 Å². The maximum Gasteiger partial charge on any atom is -0.0101 e. The first-order chi connectivity index (χ1) is 7.30. The monoisotopic (exact) mass is 216 g/mol. The first kappa shape index (κ1) is 11.7. The van der Waals surface area contributed by atoms with Gasteiger partial charge in [0.2, 0.25) is 0 Å². The van der Waals surface area contributed by atoms with E-state index in [0.29, 0.717) is 10.8 Å². The molecule has 1 aliphatic rings. The number of benzene rings is 1. The summed E-state index contributed by atoms with van der Waals surface area (Å²) in [6.07, 6.45) is 3.86. The van der Waals surface area contributed by atoms with Crippen LogP contribution >= 0.6 is 0 Å². The van der Waals surface area contributed by atoms with E-state index < -0.39 is 0 Å². The van der Waals surface area contributed by atoms with Gasteiger partial charge >= 0.3 is 0 Å². The zero-order valence-corrected chi connectivity index (χ0v) is 11.4. The molecule has 1 aliphatic carbocycles. The lowest BCUT2D eigenvalue weighted by Crippen LogP contribution is -2.18. The van der Waals surface area contributed by atoms with Crippen LogP contribution in [0.25, 0.3) is 0 Å². The molecule has 0 radical (unpaired) electrons. The van der Waals surface area contributed by atoms with Gasteiger partial charge in [0.25, 0.3) is 0 Å². The highest BCUT2D eigenvalue weighted by Crippen LogP contribution is 2.42. The van der Waals surface area contributed by atoms with Gasteiger partial charge in [-0.1, -0.05) is 51.5 Å². The molecule has 0 N–H and O–H groups in total. The summed E-state index contributed by atoms with van der Waals surface area (Å²) in [5.74, 6) is 0. The summed E-state index contributed by atoms with van der Waals surface area (Å²) in [5, 5.41) is 0. The van der Waals surface area contributed by atoms with E-state index in [4.69, 9.17) is 0 Å². The highest BCUT2D eigenvalue weighted by Gasteiger charge is 2.32. The molecule has 16 heavy (non-hydrogen) atoms. The molecule has 0 fully saturated rings. The molecule has 0 unspecified atom stereocenters. The zero-order chi connectivity index (χ0) is 12.0. The maximum atomic E-state index is 2.40. The predicted octanol–water partition coefficient (Wildman–Crippen LogP) is 4.64. The van der Waals surface area contributed by atoms with Crippen LogP contribution in [-0.4, -0.2) is 0 Å². The minimum atomic E-state index is 0.342. The van der Waals surface area contributed by atoms with E-state index in [9.17, 15) is 0 Å². The van der Waals surface area contributed by atoms with Crippen LogP contribution in [0.5, 0.6) is 0 Å². The van der Waals surface area contributed by atoms with E-state index in [0.717, 1.165) is 0 Å². The predicted molar refractivity (Wildman–Crippen MR) is 70.9 cm³/mol. The molecule has 2 rings (SSSR count). The molecule has 88 valence electrons. The third-order valence-electron chi connectivity index (χ3n) is 4.09. The molecule has 1 aromatic rings. The number of hydrogen-bond donors (Lipinski definition) is 0. The van der Waals surface area contributed by atoms with Crippen molar-refractivity contribution in [2.75, 3.05) is 0 Å². The number of rotatable bonds is 0. The van der Waals surface area contributed by atoms with Gasteiger partial charge in [-0.3, -0.25) is 0 Å². The van der Waals surface area contributed by atoms with Gasteiger partial charge in [0.15, 0.2) is 0 Å². The highest BCUT2D eigenvalue weighted by atomic mass is 14.4. The molecule has 0 bridgehead atoms. The Bertz CT molecular complexity index is 396. The van der Waals surface area contributed by atoms with Crippen molar-refractivity contribution in [3.05, 3.63) is 34.9 Å². The van der Waals surface area contributed by atoms with Gasteiger partial charge in [-0.25, -0.2) is 0 Å². The van der Waals surface area contributed by atoms with Crippen molar-refractivity contribution in [1.82, 2.24) is 0 Å². The Morgan fingerprint density at radius 3 is 2.38 bits per heavy atom. The number of hydrogen-bond acceptors (Lipinski definition) is 0. The van der Waals surface area contributed by atoms with Gasteiger partial charge in [-0.2, -0.15) is 0 Å². The van der Waals surface area contributed by atoms with Crippen molar-refractivity contribution in [1.29, 1.82) is 0 Å². The van der Waals surface area contributed by atoms with Gasteiger partial charge in [-0.15, -0.1) is 0 Å². The Hall–Kier alpha value is -0.780. The Morgan fingerprint density at radius 2 is 1.69 bits per heavy atom. The molecule has 0 aliphatic heterocycles. The smallest absolute Gasteiger partial charge is 0.0101 e. The fourth-order valence-electron chi connectivity index (χ4n) is 2.86. The van der Waals surface area contributed by atoms with Crippen LogP contribution in [0.3, 0.4) is 0 Å². The molecule has 1 aromatic carbocycles. The van der Waals surface area contributed by atoms with Crippen LogP contribution in [0.15, 0.2) is 18.2 Å². The van der Waals surface area contributed by atoms with Gasteiger partial charge in [0.05, 0.1) is 0 Å². The van der Waals surface area contributed by atoms with Crippen LogP contribution in [0, 0.1) is 12.3 Å². The van der Waals surface area contributed by atoms with Crippen molar-refractivity contribution < 1.29 is 0 Å². The topological polar surface area (TPSA) is 0 Å². The second kappa shape index (κ2) is 3.61. The molecule has 0 amide bonds. The number of fused-ring (bicyclic) bond motifs is 1. The third-order valence-corrected chi connectivity index (χ3v) is 4.09. The van der Waals surface area contributed by atoms with Gasteiger partial charge in [0, 0.05) is 0 Å². The normalized spacial score (nSPS) is 22.3. The summed E-state index contributed by atoms with van der Waals surface area (Å²) in [5.41, 5.74) is 5.34. The SMILES string of the molecule is Cc1ccc2c(c1)C(C)(C)CCC(C)(C)C2. The Kier molecular flexibility index (Phi) is 2.64. The van der Waals surface area contributed by atoms with E-state index in [2.05, 4.69) is 52.8 Å². The molecule has 0 saturated carbocycles. The molecule has 0 heteroatoms.